The number of thioether (sulfide) groups is 1. The van der Waals surface area contributed by atoms with Crippen LogP contribution in [0.25, 0.3) is 22.2 Å². The molecule has 3 aromatic heterocycles. The van der Waals surface area contributed by atoms with E-state index in [-0.39, 0.29) is 0 Å². The maximum atomic E-state index is 5.57. The fourth-order valence-corrected chi connectivity index (χ4v) is 3.96. The summed E-state index contributed by atoms with van der Waals surface area (Å²) in [5, 5.41) is 2.91. The highest BCUT2D eigenvalue weighted by molar-refractivity contribution is 7.98. The van der Waals surface area contributed by atoms with E-state index in [0.29, 0.717) is 5.89 Å². The van der Waals surface area contributed by atoms with Crippen LogP contribution in [0.3, 0.4) is 0 Å². The van der Waals surface area contributed by atoms with Crippen LogP contribution in [0.4, 0.5) is 0 Å². The van der Waals surface area contributed by atoms with Gasteiger partial charge in [-0.25, -0.2) is 15.0 Å². The van der Waals surface area contributed by atoms with E-state index in [1.54, 1.807) is 35.6 Å². The minimum Gasteiger partial charge on any atom is -0.444 e. The van der Waals surface area contributed by atoms with Gasteiger partial charge in [0.1, 0.15) is 11.3 Å². The lowest BCUT2D eigenvalue weighted by molar-refractivity contribution is 0.571. The Morgan fingerprint density at radius 2 is 1.96 bits per heavy atom. The summed E-state index contributed by atoms with van der Waals surface area (Å²) in [7, 11) is 0. The van der Waals surface area contributed by atoms with E-state index in [9.17, 15) is 0 Å². The van der Waals surface area contributed by atoms with E-state index in [2.05, 4.69) is 22.1 Å². The maximum absolute atomic E-state index is 5.57. The summed E-state index contributed by atoms with van der Waals surface area (Å²) in [6, 6.07) is 14.4. The molecule has 0 aliphatic rings. The van der Waals surface area contributed by atoms with Crippen LogP contribution in [0.5, 0.6) is 0 Å². The van der Waals surface area contributed by atoms with Crippen LogP contribution >= 0.6 is 23.1 Å². The average Bonchev–Trinajstić information content (AvgIpc) is 3.32. The number of nitrogens with zero attached hydrogens (tertiary/aromatic N) is 3. The second-order valence-corrected chi connectivity index (χ2v) is 7.37. The SMILES string of the molecule is Cc1coc(-c2cnc(-c3cccs3)nc2SCc2ccccc2)n1. The fraction of sp³-hybridized carbons (Fsp3) is 0.105. The van der Waals surface area contributed by atoms with E-state index in [0.717, 1.165) is 32.7 Å². The number of oxazole rings is 1. The molecule has 25 heavy (non-hydrogen) atoms. The summed E-state index contributed by atoms with van der Waals surface area (Å²) < 4.78 is 5.57. The molecule has 0 spiro atoms. The molecule has 4 aromatic rings. The van der Waals surface area contributed by atoms with Gasteiger partial charge < -0.3 is 4.42 Å². The van der Waals surface area contributed by atoms with E-state index in [1.807, 2.05) is 42.6 Å². The Balaban J connectivity index is 1.70. The molecule has 0 saturated heterocycles. The highest BCUT2D eigenvalue weighted by Gasteiger charge is 2.16. The van der Waals surface area contributed by atoms with Gasteiger partial charge in [-0.05, 0) is 23.9 Å². The van der Waals surface area contributed by atoms with Crippen molar-refractivity contribution in [1.29, 1.82) is 0 Å². The van der Waals surface area contributed by atoms with Gasteiger partial charge in [0.05, 0.1) is 16.1 Å². The summed E-state index contributed by atoms with van der Waals surface area (Å²) in [4.78, 5) is 14.8. The molecule has 4 nitrogen and oxygen atoms in total. The van der Waals surface area contributed by atoms with E-state index in [1.165, 1.54) is 5.56 Å². The molecular formula is C19H15N3OS2. The van der Waals surface area contributed by atoms with Crippen molar-refractivity contribution in [1.82, 2.24) is 15.0 Å². The summed E-state index contributed by atoms with van der Waals surface area (Å²) in [6.45, 7) is 1.91. The van der Waals surface area contributed by atoms with Crippen LogP contribution in [0.1, 0.15) is 11.3 Å². The second-order valence-electron chi connectivity index (χ2n) is 5.46. The first-order chi connectivity index (χ1) is 12.3. The zero-order valence-corrected chi connectivity index (χ0v) is 15.2. The smallest absolute Gasteiger partial charge is 0.230 e. The largest absolute Gasteiger partial charge is 0.444 e. The monoisotopic (exact) mass is 365 g/mol. The molecule has 0 aliphatic heterocycles. The number of thiophene rings is 1. The summed E-state index contributed by atoms with van der Waals surface area (Å²) in [5.74, 6) is 2.12. The number of rotatable bonds is 5. The predicted octanol–water partition coefficient (Wildman–Crippen LogP) is 5.46. The topological polar surface area (TPSA) is 51.8 Å². The Morgan fingerprint density at radius 3 is 2.68 bits per heavy atom. The molecule has 124 valence electrons. The third kappa shape index (κ3) is 3.65. The second kappa shape index (κ2) is 7.21. The molecular weight excluding hydrogens is 350 g/mol. The highest BCUT2D eigenvalue weighted by Crippen LogP contribution is 2.33. The number of hydrogen-bond donors (Lipinski definition) is 0. The minimum absolute atomic E-state index is 0.561. The van der Waals surface area contributed by atoms with Crippen molar-refractivity contribution in [3.8, 4) is 22.2 Å². The Bertz CT molecular complexity index is 966. The standard InChI is InChI=1S/C19H15N3OS2/c1-13-11-23-18(21-13)15-10-20-17(16-8-5-9-24-16)22-19(15)25-12-14-6-3-2-4-7-14/h2-11H,12H2,1H3. The van der Waals surface area contributed by atoms with Crippen molar-refractivity contribution in [3.05, 3.63) is 71.6 Å². The van der Waals surface area contributed by atoms with E-state index >= 15 is 0 Å². The molecule has 0 atom stereocenters. The van der Waals surface area contributed by atoms with Gasteiger partial charge in [-0.3, -0.25) is 0 Å². The Morgan fingerprint density at radius 1 is 1.08 bits per heavy atom. The van der Waals surface area contributed by atoms with Gasteiger partial charge in [-0.2, -0.15) is 0 Å². The van der Waals surface area contributed by atoms with Gasteiger partial charge in [0.15, 0.2) is 5.82 Å². The number of hydrogen-bond acceptors (Lipinski definition) is 6. The number of aromatic nitrogens is 3. The molecule has 0 unspecified atom stereocenters. The molecule has 0 saturated carbocycles. The lowest BCUT2D eigenvalue weighted by Gasteiger charge is -2.07. The van der Waals surface area contributed by atoms with Crippen molar-refractivity contribution in [2.75, 3.05) is 0 Å². The van der Waals surface area contributed by atoms with Gasteiger partial charge in [0.2, 0.25) is 5.89 Å². The predicted molar refractivity (Wildman–Crippen MR) is 102 cm³/mol. The highest BCUT2D eigenvalue weighted by atomic mass is 32.2. The molecule has 0 bridgehead atoms. The van der Waals surface area contributed by atoms with Gasteiger partial charge in [-0.15, -0.1) is 23.1 Å². The first-order valence-electron chi connectivity index (χ1n) is 7.80. The van der Waals surface area contributed by atoms with E-state index in [4.69, 9.17) is 9.40 Å². The van der Waals surface area contributed by atoms with Crippen LogP contribution in [0, 0.1) is 6.92 Å². The third-order valence-corrected chi connectivity index (χ3v) is 5.49. The summed E-state index contributed by atoms with van der Waals surface area (Å²) in [6.07, 6.45) is 3.45. The molecule has 0 aliphatic carbocycles. The van der Waals surface area contributed by atoms with Gasteiger partial charge in [-0.1, -0.05) is 36.4 Å². The van der Waals surface area contributed by atoms with Gasteiger partial charge >= 0.3 is 0 Å². The van der Waals surface area contributed by atoms with Crippen molar-refractivity contribution < 1.29 is 4.42 Å². The average molecular weight is 365 g/mol. The van der Waals surface area contributed by atoms with Crippen LogP contribution in [-0.4, -0.2) is 15.0 Å². The van der Waals surface area contributed by atoms with Crippen molar-refractivity contribution >= 4 is 23.1 Å². The molecule has 0 amide bonds. The molecule has 4 rings (SSSR count). The lowest BCUT2D eigenvalue weighted by atomic mass is 10.2. The van der Waals surface area contributed by atoms with Crippen molar-refractivity contribution in [2.45, 2.75) is 17.7 Å². The van der Waals surface area contributed by atoms with Crippen LogP contribution < -0.4 is 0 Å². The summed E-state index contributed by atoms with van der Waals surface area (Å²) >= 11 is 3.30. The van der Waals surface area contributed by atoms with Crippen molar-refractivity contribution in [2.24, 2.45) is 0 Å². The molecule has 6 heteroatoms. The molecule has 0 radical (unpaired) electrons. The van der Waals surface area contributed by atoms with Gasteiger partial charge in [0, 0.05) is 11.9 Å². The van der Waals surface area contributed by atoms with Crippen LogP contribution in [-0.2, 0) is 5.75 Å². The number of aryl methyl sites for hydroxylation is 1. The first-order valence-corrected chi connectivity index (χ1v) is 9.66. The summed E-state index contributed by atoms with van der Waals surface area (Å²) in [5.41, 5.74) is 2.92. The van der Waals surface area contributed by atoms with Crippen LogP contribution in [0.2, 0.25) is 0 Å². The molecule has 1 aromatic carbocycles. The normalized spacial score (nSPS) is 10.9. The quantitative estimate of drug-likeness (QED) is 0.347. The minimum atomic E-state index is 0.561. The molecule has 0 N–H and O–H groups in total. The zero-order chi connectivity index (χ0) is 17.1. The maximum Gasteiger partial charge on any atom is 0.230 e. The first kappa shape index (κ1) is 16.1. The number of benzene rings is 1. The van der Waals surface area contributed by atoms with Crippen molar-refractivity contribution in [3.63, 3.8) is 0 Å². The lowest BCUT2D eigenvalue weighted by Crippen LogP contribution is -1.94. The van der Waals surface area contributed by atoms with Crippen LogP contribution in [0.15, 0.2) is 69.7 Å². The Labute approximate surface area is 154 Å². The zero-order valence-electron chi connectivity index (χ0n) is 13.5. The third-order valence-electron chi connectivity index (χ3n) is 3.56. The van der Waals surface area contributed by atoms with Gasteiger partial charge in [0.25, 0.3) is 0 Å². The van der Waals surface area contributed by atoms with E-state index < -0.39 is 0 Å². The molecule has 3 heterocycles. The Kier molecular flexibility index (Phi) is 4.63. The fourth-order valence-electron chi connectivity index (χ4n) is 2.35. The Hall–Kier alpha value is -2.44. The molecule has 0 fully saturated rings.